The number of rotatable bonds is 5. The molecule has 4 nitrogen and oxygen atoms in total. The standard InChI is InChI=1S/C9H16ClNO3S/c1-9(2,15(3,13)14)8(12)11-7-5-4-6-10/h4-5H,6-7H2,1-3H3,(H,11,12)/b5-4+. The molecule has 0 radical (unpaired) electrons. The number of amides is 1. The number of hydrogen-bond acceptors (Lipinski definition) is 3. The topological polar surface area (TPSA) is 63.2 Å². The molecule has 0 rings (SSSR count). The Hall–Kier alpha value is -0.550. The van der Waals surface area contributed by atoms with Crippen molar-refractivity contribution in [2.24, 2.45) is 0 Å². The van der Waals surface area contributed by atoms with Crippen molar-refractivity contribution in [2.45, 2.75) is 18.6 Å². The van der Waals surface area contributed by atoms with Gasteiger partial charge < -0.3 is 5.32 Å². The van der Waals surface area contributed by atoms with Gasteiger partial charge in [-0.05, 0) is 13.8 Å². The zero-order chi connectivity index (χ0) is 12.1. The van der Waals surface area contributed by atoms with Gasteiger partial charge in [0, 0.05) is 18.7 Å². The van der Waals surface area contributed by atoms with Gasteiger partial charge in [0.25, 0.3) is 0 Å². The normalized spacial score (nSPS) is 13.1. The average Bonchev–Trinajstić information content (AvgIpc) is 2.10. The van der Waals surface area contributed by atoms with Gasteiger partial charge in [-0.25, -0.2) is 8.42 Å². The number of alkyl halides is 1. The third-order valence-corrected chi connectivity index (χ3v) is 4.33. The van der Waals surface area contributed by atoms with Crippen LogP contribution in [-0.4, -0.2) is 37.8 Å². The van der Waals surface area contributed by atoms with E-state index < -0.39 is 20.5 Å². The smallest absolute Gasteiger partial charge is 0.241 e. The fourth-order valence-corrected chi connectivity index (χ4v) is 1.21. The van der Waals surface area contributed by atoms with E-state index in [9.17, 15) is 13.2 Å². The Labute approximate surface area is 95.6 Å². The minimum Gasteiger partial charge on any atom is -0.351 e. The van der Waals surface area contributed by atoms with Crippen LogP contribution in [0.4, 0.5) is 0 Å². The van der Waals surface area contributed by atoms with Crippen LogP contribution < -0.4 is 5.32 Å². The van der Waals surface area contributed by atoms with Crippen molar-refractivity contribution in [3.63, 3.8) is 0 Å². The maximum atomic E-state index is 11.5. The predicted molar refractivity (Wildman–Crippen MR) is 61.8 cm³/mol. The van der Waals surface area contributed by atoms with E-state index in [4.69, 9.17) is 11.6 Å². The number of carbonyl (C=O) groups excluding carboxylic acids is 1. The highest BCUT2D eigenvalue weighted by atomic mass is 35.5. The molecule has 0 saturated heterocycles. The van der Waals surface area contributed by atoms with Gasteiger partial charge in [0.2, 0.25) is 5.91 Å². The molecule has 1 amide bonds. The first kappa shape index (κ1) is 14.5. The van der Waals surface area contributed by atoms with Crippen LogP contribution in [0, 0.1) is 0 Å². The lowest BCUT2D eigenvalue weighted by Crippen LogP contribution is -2.47. The lowest BCUT2D eigenvalue weighted by atomic mass is 10.2. The molecule has 0 spiro atoms. The third kappa shape index (κ3) is 4.22. The molecular formula is C9H16ClNO3S. The minimum absolute atomic E-state index is 0.282. The summed E-state index contributed by atoms with van der Waals surface area (Å²) in [6.45, 7) is 3.04. The van der Waals surface area contributed by atoms with Crippen molar-refractivity contribution in [1.82, 2.24) is 5.32 Å². The van der Waals surface area contributed by atoms with Gasteiger partial charge >= 0.3 is 0 Å². The Morgan fingerprint density at radius 3 is 2.33 bits per heavy atom. The minimum atomic E-state index is -3.41. The Kier molecular flexibility index (Phi) is 5.31. The summed E-state index contributed by atoms with van der Waals surface area (Å²) >= 11 is 5.38. The molecule has 0 aromatic rings. The van der Waals surface area contributed by atoms with E-state index in [1.54, 1.807) is 12.2 Å². The number of carbonyl (C=O) groups is 1. The molecule has 1 N–H and O–H groups in total. The van der Waals surface area contributed by atoms with Crippen molar-refractivity contribution in [1.29, 1.82) is 0 Å². The van der Waals surface area contributed by atoms with E-state index in [2.05, 4.69) is 5.32 Å². The fourth-order valence-electron chi connectivity index (χ4n) is 0.679. The fraction of sp³-hybridized carbons (Fsp3) is 0.667. The second-order valence-electron chi connectivity index (χ2n) is 3.62. The molecule has 0 saturated carbocycles. The number of halogens is 1. The van der Waals surface area contributed by atoms with E-state index >= 15 is 0 Å². The van der Waals surface area contributed by atoms with E-state index in [1.807, 2.05) is 0 Å². The number of sulfone groups is 1. The molecule has 15 heavy (non-hydrogen) atoms. The number of hydrogen-bond donors (Lipinski definition) is 1. The molecule has 0 unspecified atom stereocenters. The molecular weight excluding hydrogens is 238 g/mol. The van der Waals surface area contributed by atoms with Crippen molar-refractivity contribution in [3.05, 3.63) is 12.2 Å². The summed E-state index contributed by atoms with van der Waals surface area (Å²) in [5.74, 6) is -0.144. The van der Waals surface area contributed by atoms with Crippen LogP contribution in [0.25, 0.3) is 0 Å². The highest BCUT2D eigenvalue weighted by Crippen LogP contribution is 2.14. The monoisotopic (exact) mass is 253 g/mol. The summed E-state index contributed by atoms with van der Waals surface area (Å²) in [6.07, 6.45) is 4.39. The Balaban J connectivity index is 4.41. The van der Waals surface area contributed by atoms with Gasteiger partial charge in [0.05, 0.1) is 0 Å². The molecule has 6 heteroatoms. The van der Waals surface area contributed by atoms with Gasteiger partial charge in [0.15, 0.2) is 9.84 Å². The first-order chi connectivity index (χ1) is 6.73. The number of nitrogens with one attached hydrogen (secondary N) is 1. The summed E-state index contributed by atoms with van der Waals surface area (Å²) < 4.78 is 21.2. The predicted octanol–water partition coefficient (Wildman–Crippen LogP) is 0.721. The summed E-state index contributed by atoms with van der Waals surface area (Å²) in [4.78, 5) is 11.5. The van der Waals surface area contributed by atoms with Crippen molar-refractivity contribution >= 4 is 27.3 Å². The molecule has 0 fully saturated rings. The molecule has 0 aliphatic heterocycles. The third-order valence-electron chi connectivity index (χ3n) is 2.11. The molecule has 88 valence electrons. The molecule has 0 atom stereocenters. The molecule has 0 aromatic heterocycles. The quantitative estimate of drug-likeness (QED) is 0.580. The highest BCUT2D eigenvalue weighted by Gasteiger charge is 2.37. The molecule has 0 aliphatic carbocycles. The van der Waals surface area contributed by atoms with Crippen LogP contribution in [0.15, 0.2) is 12.2 Å². The van der Waals surface area contributed by atoms with Crippen molar-refractivity contribution in [2.75, 3.05) is 18.7 Å². The van der Waals surface area contributed by atoms with E-state index in [0.29, 0.717) is 5.88 Å². The summed E-state index contributed by atoms with van der Waals surface area (Å²) in [7, 11) is -3.41. The van der Waals surface area contributed by atoms with Gasteiger partial charge in [-0.3, -0.25) is 4.79 Å². The van der Waals surface area contributed by atoms with E-state index in [1.165, 1.54) is 13.8 Å². The number of allylic oxidation sites excluding steroid dienone is 1. The molecule has 0 aromatic carbocycles. The average molecular weight is 254 g/mol. The Bertz CT molecular complexity index is 346. The maximum Gasteiger partial charge on any atom is 0.241 e. The van der Waals surface area contributed by atoms with Crippen LogP contribution in [0.1, 0.15) is 13.8 Å². The Morgan fingerprint density at radius 2 is 1.93 bits per heavy atom. The lowest BCUT2D eigenvalue weighted by molar-refractivity contribution is -0.122. The van der Waals surface area contributed by atoms with Crippen LogP contribution in [0.3, 0.4) is 0 Å². The molecule has 0 heterocycles. The highest BCUT2D eigenvalue weighted by molar-refractivity contribution is 7.92. The van der Waals surface area contributed by atoms with Crippen LogP contribution >= 0.6 is 11.6 Å². The summed E-state index contributed by atoms with van der Waals surface area (Å²) in [5, 5.41) is 2.50. The van der Waals surface area contributed by atoms with Crippen LogP contribution in [-0.2, 0) is 14.6 Å². The van der Waals surface area contributed by atoms with Crippen LogP contribution in [0.2, 0.25) is 0 Å². The van der Waals surface area contributed by atoms with E-state index in [0.717, 1.165) is 6.26 Å². The maximum absolute atomic E-state index is 11.5. The second-order valence-corrected chi connectivity index (χ2v) is 6.49. The second kappa shape index (κ2) is 5.51. The molecule has 0 bridgehead atoms. The summed E-state index contributed by atoms with van der Waals surface area (Å²) in [6, 6.07) is 0. The Morgan fingerprint density at radius 1 is 1.40 bits per heavy atom. The van der Waals surface area contributed by atoms with Crippen LogP contribution in [0.5, 0.6) is 0 Å². The lowest BCUT2D eigenvalue weighted by Gasteiger charge is -2.20. The van der Waals surface area contributed by atoms with Gasteiger partial charge in [-0.15, -0.1) is 11.6 Å². The van der Waals surface area contributed by atoms with Crippen molar-refractivity contribution in [3.8, 4) is 0 Å². The van der Waals surface area contributed by atoms with Crippen molar-refractivity contribution < 1.29 is 13.2 Å². The summed E-state index contributed by atoms with van der Waals surface area (Å²) in [5.41, 5.74) is 0. The first-order valence-corrected chi connectivity index (χ1v) is 6.85. The zero-order valence-corrected chi connectivity index (χ0v) is 10.7. The largest absolute Gasteiger partial charge is 0.351 e. The van der Waals surface area contributed by atoms with E-state index in [-0.39, 0.29) is 6.54 Å². The van der Waals surface area contributed by atoms with Gasteiger partial charge in [-0.2, -0.15) is 0 Å². The zero-order valence-electron chi connectivity index (χ0n) is 9.08. The molecule has 0 aliphatic rings. The SMILES string of the molecule is CC(C)(C(=O)NC/C=C/CCl)S(C)(=O)=O. The first-order valence-electron chi connectivity index (χ1n) is 4.42. The van der Waals surface area contributed by atoms with Gasteiger partial charge in [-0.1, -0.05) is 12.2 Å². The van der Waals surface area contributed by atoms with Gasteiger partial charge in [0.1, 0.15) is 4.75 Å².